The third-order valence-corrected chi connectivity index (χ3v) is 5.53. The lowest BCUT2D eigenvalue weighted by Crippen LogP contribution is -2.46. The van der Waals surface area contributed by atoms with Gasteiger partial charge in [-0.1, -0.05) is 0 Å². The normalized spacial score (nSPS) is 26.6. The fourth-order valence-corrected chi connectivity index (χ4v) is 4.03. The van der Waals surface area contributed by atoms with Crippen molar-refractivity contribution in [3.63, 3.8) is 0 Å². The number of hydrogen-bond acceptors (Lipinski definition) is 7. The molecule has 0 bridgehead atoms. The second-order valence-electron chi connectivity index (χ2n) is 7.45. The Balaban J connectivity index is 1.56. The molecule has 0 unspecified atom stereocenters. The molecule has 0 aliphatic heterocycles. The zero-order valence-electron chi connectivity index (χ0n) is 14.7. The average Bonchev–Trinajstić information content (AvgIpc) is 3.01. The SMILES string of the molecule is CC1(F)CC(Nc2nc(NC3CC(F)(F)C3)nc(-c3nc(C(F)F)cs3)n2)C1. The summed E-state index contributed by atoms with van der Waals surface area (Å²) in [7, 11) is 0. The van der Waals surface area contributed by atoms with E-state index in [1.54, 1.807) is 0 Å². The largest absolute Gasteiger partial charge is 0.351 e. The van der Waals surface area contributed by atoms with Gasteiger partial charge in [-0.05, 0) is 6.92 Å². The van der Waals surface area contributed by atoms with E-state index in [2.05, 4.69) is 30.6 Å². The Kier molecular flexibility index (Phi) is 4.63. The van der Waals surface area contributed by atoms with Gasteiger partial charge >= 0.3 is 0 Å². The number of nitrogens with one attached hydrogen (secondary N) is 2. The van der Waals surface area contributed by atoms with Gasteiger partial charge < -0.3 is 10.6 Å². The van der Waals surface area contributed by atoms with Crippen LogP contribution in [0, 0.1) is 0 Å². The Labute approximate surface area is 161 Å². The maximum atomic E-state index is 13.7. The molecule has 2 aromatic heterocycles. The summed E-state index contributed by atoms with van der Waals surface area (Å²) in [4.78, 5) is 16.3. The monoisotopic (exact) mass is 420 g/mol. The molecule has 0 aromatic carbocycles. The third kappa shape index (κ3) is 4.15. The quantitative estimate of drug-likeness (QED) is 0.673. The standard InChI is InChI=1S/C16H17F5N6S/c1-15(19)2-7(3-15)22-13-25-11(12-24-9(6-28-12)10(17)18)26-14(27-13)23-8-4-16(20,21)5-8/h6-8,10H,2-5H2,1H3,(H2,22,23,25,26,27). The fourth-order valence-electron chi connectivity index (χ4n) is 3.29. The maximum Gasteiger partial charge on any atom is 0.281 e. The Morgan fingerprint density at radius 3 is 2.00 bits per heavy atom. The van der Waals surface area contributed by atoms with Crippen LogP contribution in [-0.2, 0) is 0 Å². The minimum absolute atomic E-state index is 0.0455. The summed E-state index contributed by atoms with van der Waals surface area (Å²) >= 11 is 0.946. The van der Waals surface area contributed by atoms with Gasteiger partial charge in [0, 0.05) is 43.1 Å². The Hall–Kier alpha value is -2.11. The number of aromatic nitrogens is 4. The highest BCUT2D eigenvalue weighted by Gasteiger charge is 2.46. The fraction of sp³-hybridized carbons (Fsp3) is 0.625. The van der Waals surface area contributed by atoms with Crippen LogP contribution in [0.2, 0.25) is 0 Å². The second-order valence-corrected chi connectivity index (χ2v) is 8.31. The van der Waals surface area contributed by atoms with E-state index < -0.39 is 29.8 Å². The lowest BCUT2D eigenvalue weighted by molar-refractivity contribution is -0.0794. The van der Waals surface area contributed by atoms with Crippen molar-refractivity contribution in [2.24, 2.45) is 0 Å². The molecule has 2 saturated carbocycles. The third-order valence-electron chi connectivity index (χ3n) is 4.67. The highest BCUT2D eigenvalue weighted by Crippen LogP contribution is 2.39. The van der Waals surface area contributed by atoms with Gasteiger partial charge in [-0.25, -0.2) is 26.9 Å². The highest BCUT2D eigenvalue weighted by molar-refractivity contribution is 7.13. The van der Waals surface area contributed by atoms with Crippen LogP contribution in [0.5, 0.6) is 0 Å². The van der Waals surface area contributed by atoms with Crippen molar-refractivity contribution < 1.29 is 22.0 Å². The van der Waals surface area contributed by atoms with E-state index in [4.69, 9.17) is 0 Å². The zero-order valence-corrected chi connectivity index (χ0v) is 15.5. The van der Waals surface area contributed by atoms with Crippen molar-refractivity contribution in [2.75, 3.05) is 10.6 Å². The highest BCUT2D eigenvalue weighted by atomic mass is 32.1. The molecule has 2 N–H and O–H groups in total. The minimum atomic E-state index is -2.73. The average molecular weight is 420 g/mol. The zero-order chi connectivity index (χ0) is 20.1. The van der Waals surface area contributed by atoms with Gasteiger partial charge in [-0.2, -0.15) is 15.0 Å². The second kappa shape index (κ2) is 6.75. The first kappa shape index (κ1) is 19.2. The van der Waals surface area contributed by atoms with Crippen molar-refractivity contribution in [3.8, 4) is 10.8 Å². The summed E-state index contributed by atoms with van der Waals surface area (Å²) < 4.78 is 65.5. The molecule has 2 aliphatic carbocycles. The van der Waals surface area contributed by atoms with Gasteiger partial charge in [0.05, 0.1) is 0 Å². The summed E-state index contributed by atoms with van der Waals surface area (Å²) in [6.07, 6.45) is -2.85. The van der Waals surface area contributed by atoms with E-state index in [0.717, 1.165) is 11.3 Å². The van der Waals surface area contributed by atoms with Crippen LogP contribution in [0.1, 0.15) is 44.7 Å². The molecule has 2 aromatic rings. The molecule has 152 valence electrons. The summed E-state index contributed by atoms with van der Waals surface area (Å²) in [5.41, 5.74) is -1.65. The molecule has 6 nitrogen and oxygen atoms in total. The number of rotatable bonds is 6. The molecule has 0 saturated heterocycles. The summed E-state index contributed by atoms with van der Waals surface area (Å²) in [5, 5.41) is 7.15. The number of anilines is 2. The molecule has 0 spiro atoms. The molecular weight excluding hydrogens is 403 g/mol. The smallest absolute Gasteiger partial charge is 0.281 e. The van der Waals surface area contributed by atoms with E-state index in [1.165, 1.54) is 12.3 Å². The van der Waals surface area contributed by atoms with Crippen molar-refractivity contribution in [1.82, 2.24) is 19.9 Å². The summed E-state index contributed by atoms with van der Waals surface area (Å²) in [6.45, 7) is 1.50. The molecule has 2 heterocycles. The number of hydrogen-bond donors (Lipinski definition) is 2. The van der Waals surface area contributed by atoms with E-state index in [-0.39, 0.29) is 54.5 Å². The molecule has 0 amide bonds. The van der Waals surface area contributed by atoms with E-state index >= 15 is 0 Å². The topological polar surface area (TPSA) is 75.6 Å². The summed E-state index contributed by atoms with van der Waals surface area (Å²) in [6, 6.07) is -0.678. The van der Waals surface area contributed by atoms with Crippen LogP contribution >= 0.6 is 11.3 Å². The molecule has 2 fully saturated rings. The van der Waals surface area contributed by atoms with Crippen LogP contribution in [0.25, 0.3) is 10.8 Å². The maximum absolute atomic E-state index is 13.7. The lowest BCUT2D eigenvalue weighted by atomic mass is 9.79. The van der Waals surface area contributed by atoms with Gasteiger partial charge in [-0.3, -0.25) is 0 Å². The predicted octanol–water partition coefficient (Wildman–Crippen LogP) is 4.44. The van der Waals surface area contributed by atoms with Gasteiger partial charge in [0.15, 0.2) is 10.8 Å². The number of nitrogens with zero attached hydrogens (tertiary/aromatic N) is 4. The van der Waals surface area contributed by atoms with Crippen molar-refractivity contribution in [1.29, 1.82) is 0 Å². The summed E-state index contributed by atoms with van der Waals surface area (Å²) in [5.74, 6) is -2.50. The molecule has 0 atom stereocenters. The van der Waals surface area contributed by atoms with Crippen LogP contribution in [0.15, 0.2) is 5.38 Å². The number of alkyl halides is 5. The molecule has 12 heteroatoms. The Morgan fingerprint density at radius 1 is 0.964 bits per heavy atom. The molecular formula is C16H17F5N6S. The van der Waals surface area contributed by atoms with Crippen LogP contribution in [0.3, 0.4) is 0 Å². The van der Waals surface area contributed by atoms with E-state index in [0.29, 0.717) is 0 Å². The molecule has 4 rings (SSSR count). The van der Waals surface area contributed by atoms with Gasteiger partial charge in [0.25, 0.3) is 12.3 Å². The molecule has 28 heavy (non-hydrogen) atoms. The van der Waals surface area contributed by atoms with Crippen LogP contribution in [0.4, 0.5) is 33.8 Å². The minimum Gasteiger partial charge on any atom is -0.351 e. The van der Waals surface area contributed by atoms with Crippen molar-refractivity contribution >= 4 is 23.2 Å². The Morgan fingerprint density at radius 2 is 1.54 bits per heavy atom. The van der Waals surface area contributed by atoms with Gasteiger partial charge in [0.1, 0.15) is 11.4 Å². The predicted molar refractivity (Wildman–Crippen MR) is 93.6 cm³/mol. The van der Waals surface area contributed by atoms with Gasteiger partial charge in [-0.15, -0.1) is 11.3 Å². The van der Waals surface area contributed by atoms with Crippen molar-refractivity contribution in [2.45, 2.75) is 62.7 Å². The number of thiazole rings is 1. The van der Waals surface area contributed by atoms with Crippen LogP contribution < -0.4 is 10.6 Å². The van der Waals surface area contributed by atoms with Crippen LogP contribution in [-0.4, -0.2) is 43.6 Å². The van der Waals surface area contributed by atoms with E-state index in [1.807, 2.05) is 0 Å². The van der Waals surface area contributed by atoms with Gasteiger partial charge in [0.2, 0.25) is 11.9 Å². The first-order chi connectivity index (χ1) is 13.1. The number of halogens is 5. The first-order valence-corrected chi connectivity index (χ1v) is 9.56. The molecule has 0 radical (unpaired) electrons. The molecule has 2 aliphatic rings. The first-order valence-electron chi connectivity index (χ1n) is 8.68. The van der Waals surface area contributed by atoms with Crippen molar-refractivity contribution in [3.05, 3.63) is 11.1 Å². The Bertz CT molecular complexity index is 813. The van der Waals surface area contributed by atoms with E-state index in [9.17, 15) is 22.0 Å². The lowest BCUT2D eigenvalue weighted by Gasteiger charge is -2.39.